The van der Waals surface area contributed by atoms with E-state index in [0.29, 0.717) is 5.75 Å². The quantitative estimate of drug-likeness (QED) is 0.872. The molecular weight excluding hydrogens is 214 g/mol. The van der Waals surface area contributed by atoms with Gasteiger partial charge in [-0.1, -0.05) is 6.07 Å². The van der Waals surface area contributed by atoms with Crippen LogP contribution in [0.1, 0.15) is 22.9 Å². The molecule has 1 atom stereocenters. The zero-order valence-electron chi connectivity index (χ0n) is 9.92. The zero-order valence-corrected chi connectivity index (χ0v) is 9.92. The van der Waals surface area contributed by atoms with Gasteiger partial charge in [0.05, 0.1) is 19.3 Å². The van der Waals surface area contributed by atoms with Crippen LogP contribution < -0.4 is 10.5 Å². The smallest absolute Gasteiger partial charge is 0.137 e. The molecule has 2 heterocycles. The topological polar surface area (TPSA) is 61.0 Å². The Morgan fingerprint density at radius 2 is 2.18 bits per heavy atom. The molecule has 0 aliphatic heterocycles. The lowest BCUT2D eigenvalue weighted by molar-refractivity contribution is 0.412. The van der Waals surface area contributed by atoms with Gasteiger partial charge in [0, 0.05) is 18.1 Å². The van der Waals surface area contributed by atoms with Crippen molar-refractivity contribution in [1.29, 1.82) is 0 Å². The number of hydrogen-bond acceptors (Lipinski definition) is 4. The SMILES string of the molecule is COc1cncc(C(N)c2cccnc2C)c1. The fourth-order valence-electron chi connectivity index (χ4n) is 1.72. The van der Waals surface area contributed by atoms with E-state index in [1.807, 2.05) is 25.1 Å². The van der Waals surface area contributed by atoms with Gasteiger partial charge in [0.2, 0.25) is 0 Å². The second-order valence-corrected chi connectivity index (χ2v) is 3.81. The van der Waals surface area contributed by atoms with E-state index in [4.69, 9.17) is 10.5 Å². The summed E-state index contributed by atoms with van der Waals surface area (Å²) >= 11 is 0. The molecule has 0 aromatic carbocycles. The van der Waals surface area contributed by atoms with E-state index >= 15 is 0 Å². The number of pyridine rings is 2. The summed E-state index contributed by atoms with van der Waals surface area (Å²) in [6, 6.07) is 5.53. The van der Waals surface area contributed by atoms with Gasteiger partial charge in [0.15, 0.2) is 0 Å². The Balaban J connectivity index is 2.37. The highest BCUT2D eigenvalue weighted by Gasteiger charge is 2.12. The first kappa shape index (κ1) is 11.5. The fraction of sp³-hybridized carbons (Fsp3) is 0.231. The number of rotatable bonds is 3. The molecule has 2 aromatic rings. The van der Waals surface area contributed by atoms with Crippen molar-refractivity contribution in [2.45, 2.75) is 13.0 Å². The summed E-state index contributed by atoms with van der Waals surface area (Å²) < 4.78 is 5.14. The Kier molecular flexibility index (Phi) is 3.35. The van der Waals surface area contributed by atoms with Crippen molar-refractivity contribution in [2.24, 2.45) is 5.73 Å². The highest BCUT2D eigenvalue weighted by Crippen LogP contribution is 2.23. The summed E-state index contributed by atoms with van der Waals surface area (Å²) in [6.07, 6.45) is 5.17. The first-order valence-corrected chi connectivity index (χ1v) is 5.38. The van der Waals surface area contributed by atoms with Gasteiger partial charge in [0.1, 0.15) is 5.75 Å². The lowest BCUT2D eigenvalue weighted by Gasteiger charge is -2.14. The molecule has 0 fully saturated rings. The molecule has 4 heteroatoms. The van der Waals surface area contributed by atoms with E-state index in [9.17, 15) is 0 Å². The summed E-state index contributed by atoms with van der Waals surface area (Å²) in [5, 5.41) is 0. The summed E-state index contributed by atoms with van der Waals surface area (Å²) in [4.78, 5) is 8.34. The molecule has 4 nitrogen and oxygen atoms in total. The van der Waals surface area contributed by atoms with E-state index in [1.54, 1.807) is 25.7 Å². The van der Waals surface area contributed by atoms with Crippen LogP contribution in [0.5, 0.6) is 5.75 Å². The maximum absolute atomic E-state index is 6.21. The van der Waals surface area contributed by atoms with E-state index in [2.05, 4.69) is 9.97 Å². The number of hydrogen-bond donors (Lipinski definition) is 1. The molecule has 2 rings (SSSR count). The van der Waals surface area contributed by atoms with Crippen LogP contribution in [0.15, 0.2) is 36.8 Å². The average molecular weight is 229 g/mol. The van der Waals surface area contributed by atoms with Crippen molar-refractivity contribution >= 4 is 0 Å². The minimum Gasteiger partial charge on any atom is -0.495 e. The molecule has 0 bridgehead atoms. The number of nitrogens with two attached hydrogens (primary N) is 1. The van der Waals surface area contributed by atoms with Crippen molar-refractivity contribution in [2.75, 3.05) is 7.11 Å². The van der Waals surface area contributed by atoms with Gasteiger partial charge >= 0.3 is 0 Å². The van der Waals surface area contributed by atoms with Crippen LogP contribution in [0.4, 0.5) is 0 Å². The zero-order chi connectivity index (χ0) is 12.3. The highest BCUT2D eigenvalue weighted by molar-refractivity contribution is 5.35. The Hall–Kier alpha value is -1.94. The summed E-state index contributed by atoms with van der Waals surface area (Å²) in [6.45, 7) is 1.95. The monoisotopic (exact) mass is 229 g/mol. The molecule has 0 aliphatic rings. The van der Waals surface area contributed by atoms with Crippen molar-refractivity contribution < 1.29 is 4.74 Å². The molecule has 0 radical (unpaired) electrons. The Morgan fingerprint density at radius 3 is 2.88 bits per heavy atom. The Labute approximate surface area is 100 Å². The third-order valence-corrected chi connectivity index (χ3v) is 2.71. The van der Waals surface area contributed by atoms with Gasteiger partial charge in [0.25, 0.3) is 0 Å². The maximum atomic E-state index is 6.21. The number of nitrogens with zero attached hydrogens (tertiary/aromatic N) is 2. The number of aryl methyl sites for hydroxylation is 1. The Morgan fingerprint density at radius 1 is 1.35 bits per heavy atom. The molecule has 2 N–H and O–H groups in total. The van der Waals surface area contributed by atoms with Crippen LogP contribution in [-0.4, -0.2) is 17.1 Å². The molecule has 0 saturated carbocycles. The van der Waals surface area contributed by atoms with Gasteiger partial charge in [-0.05, 0) is 30.2 Å². The van der Waals surface area contributed by atoms with Crippen molar-refractivity contribution in [1.82, 2.24) is 9.97 Å². The normalized spacial score (nSPS) is 12.2. The van der Waals surface area contributed by atoms with E-state index in [0.717, 1.165) is 16.8 Å². The molecule has 0 amide bonds. The van der Waals surface area contributed by atoms with Crippen LogP contribution in [0.2, 0.25) is 0 Å². The van der Waals surface area contributed by atoms with Crippen LogP contribution in [0, 0.1) is 6.92 Å². The van der Waals surface area contributed by atoms with Crippen LogP contribution >= 0.6 is 0 Å². The average Bonchev–Trinajstić information content (AvgIpc) is 2.38. The minimum absolute atomic E-state index is 0.230. The first-order valence-electron chi connectivity index (χ1n) is 5.38. The molecule has 1 unspecified atom stereocenters. The largest absolute Gasteiger partial charge is 0.495 e. The lowest BCUT2D eigenvalue weighted by atomic mass is 10.00. The van der Waals surface area contributed by atoms with Gasteiger partial charge in [-0.15, -0.1) is 0 Å². The molecule has 17 heavy (non-hydrogen) atoms. The number of ether oxygens (including phenoxy) is 1. The summed E-state index contributed by atoms with van der Waals surface area (Å²) in [5.74, 6) is 0.708. The third-order valence-electron chi connectivity index (χ3n) is 2.71. The van der Waals surface area contributed by atoms with Crippen LogP contribution in [0.3, 0.4) is 0 Å². The third kappa shape index (κ3) is 2.42. The second-order valence-electron chi connectivity index (χ2n) is 3.81. The fourth-order valence-corrected chi connectivity index (χ4v) is 1.72. The van der Waals surface area contributed by atoms with Crippen molar-refractivity contribution in [3.63, 3.8) is 0 Å². The predicted molar refractivity (Wildman–Crippen MR) is 65.8 cm³/mol. The van der Waals surface area contributed by atoms with Gasteiger partial charge < -0.3 is 10.5 Å². The highest BCUT2D eigenvalue weighted by atomic mass is 16.5. The van der Waals surface area contributed by atoms with Crippen LogP contribution in [0.25, 0.3) is 0 Å². The van der Waals surface area contributed by atoms with Crippen molar-refractivity contribution in [3.05, 3.63) is 53.6 Å². The lowest BCUT2D eigenvalue weighted by Crippen LogP contribution is -2.14. The van der Waals surface area contributed by atoms with Crippen LogP contribution in [-0.2, 0) is 0 Å². The van der Waals surface area contributed by atoms with Crippen molar-refractivity contribution in [3.8, 4) is 5.75 Å². The number of methoxy groups -OCH3 is 1. The molecule has 0 saturated heterocycles. The predicted octanol–water partition coefficient (Wildman–Crippen LogP) is 1.84. The van der Waals surface area contributed by atoms with Gasteiger partial charge in [-0.2, -0.15) is 0 Å². The van der Waals surface area contributed by atoms with E-state index < -0.39 is 0 Å². The summed E-state index contributed by atoms with van der Waals surface area (Å²) in [7, 11) is 1.61. The summed E-state index contributed by atoms with van der Waals surface area (Å²) in [5.41, 5.74) is 9.06. The first-order chi connectivity index (χ1) is 8.22. The molecule has 2 aromatic heterocycles. The number of aromatic nitrogens is 2. The van der Waals surface area contributed by atoms with Gasteiger partial charge in [-0.3, -0.25) is 9.97 Å². The maximum Gasteiger partial charge on any atom is 0.137 e. The Bertz CT molecular complexity index is 514. The standard InChI is InChI=1S/C13H15N3O/c1-9-12(4-3-5-16-9)13(14)10-6-11(17-2)8-15-7-10/h3-8,13H,14H2,1-2H3. The second kappa shape index (κ2) is 4.93. The van der Waals surface area contributed by atoms with E-state index in [-0.39, 0.29) is 6.04 Å². The molecule has 0 aliphatic carbocycles. The molecular formula is C13H15N3O. The van der Waals surface area contributed by atoms with E-state index in [1.165, 1.54) is 0 Å². The minimum atomic E-state index is -0.230. The molecule has 0 spiro atoms. The molecule has 88 valence electrons. The van der Waals surface area contributed by atoms with Gasteiger partial charge in [-0.25, -0.2) is 0 Å².